The Kier molecular flexibility index (Phi) is 3.83. The molecule has 1 atom stereocenters. The molecule has 17 heavy (non-hydrogen) atoms. The topological polar surface area (TPSA) is 38.3 Å². The molecule has 0 fully saturated rings. The first-order chi connectivity index (χ1) is 8.02. The number of carbonyl (C=O) groups excluding carboxylic acids is 1. The summed E-state index contributed by atoms with van der Waals surface area (Å²) in [4.78, 5) is 13.0. The molecule has 0 spiro atoms. The van der Waals surface area contributed by atoms with Crippen LogP contribution < -0.4 is 5.32 Å². The minimum Gasteiger partial charge on any atom is -0.468 e. The Morgan fingerprint density at radius 2 is 2.29 bits per heavy atom. The maximum absolute atomic E-state index is 11.5. The number of carbonyl (C=O) groups is 1. The number of hydrogen-bond acceptors (Lipinski definition) is 4. The van der Waals surface area contributed by atoms with Crippen molar-refractivity contribution >= 4 is 17.7 Å². The molecule has 0 radical (unpaired) electrons. The van der Waals surface area contributed by atoms with E-state index in [4.69, 9.17) is 4.74 Å². The van der Waals surface area contributed by atoms with Gasteiger partial charge in [-0.15, -0.1) is 11.8 Å². The highest BCUT2D eigenvalue weighted by Crippen LogP contribution is 2.43. The lowest BCUT2D eigenvalue weighted by atomic mass is 9.77. The van der Waals surface area contributed by atoms with Gasteiger partial charge in [0.2, 0.25) is 0 Å². The number of nitrogens with one attached hydrogen (secondary N) is 1. The van der Waals surface area contributed by atoms with Crippen LogP contribution in [0.15, 0.2) is 10.5 Å². The van der Waals surface area contributed by atoms with Crippen LogP contribution in [0, 0.1) is 5.41 Å². The predicted octanol–water partition coefficient (Wildman–Crippen LogP) is 2.33. The van der Waals surface area contributed by atoms with Crippen molar-refractivity contribution in [2.45, 2.75) is 39.2 Å². The molecule has 0 bridgehead atoms. The molecule has 96 valence electrons. The van der Waals surface area contributed by atoms with Gasteiger partial charge in [0, 0.05) is 12.3 Å². The molecule has 1 unspecified atom stereocenters. The lowest BCUT2D eigenvalue weighted by molar-refractivity contribution is -0.142. The smallest absolute Gasteiger partial charge is 0.323 e. The Bertz CT molecular complexity index is 349. The van der Waals surface area contributed by atoms with Crippen LogP contribution in [0.4, 0.5) is 0 Å². The van der Waals surface area contributed by atoms with E-state index in [1.807, 2.05) is 11.8 Å². The zero-order valence-electron chi connectivity index (χ0n) is 10.8. The molecule has 1 aliphatic carbocycles. The number of rotatable bonds is 1. The number of methoxy groups -OCH3 is 1. The van der Waals surface area contributed by atoms with Crippen LogP contribution in [-0.4, -0.2) is 31.4 Å². The summed E-state index contributed by atoms with van der Waals surface area (Å²) in [5.74, 6) is 0.656. The second-order valence-electron chi connectivity index (χ2n) is 5.64. The highest BCUT2D eigenvalue weighted by atomic mass is 32.2. The molecule has 0 aromatic rings. The molecule has 0 saturated heterocycles. The minimum atomic E-state index is -0.154. The fraction of sp³-hybridized carbons (Fsp3) is 0.769. The van der Waals surface area contributed by atoms with Crippen LogP contribution >= 0.6 is 11.8 Å². The monoisotopic (exact) mass is 255 g/mol. The van der Waals surface area contributed by atoms with Gasteiger partial charge in [-0.25, -0.2) is 0 Å². The Balaban J connectivity index is 2.04. The van der Waals surface area contributed by atoms with Gasteiger partial charge in [-0.1, -0.05) is 13.8 Å². The molecular weight excluding hydrogens is 234 g/mol. The molecular formula is C13H21NO2S. The average molecular weight is 255 g/mol. The Labute approximate surface area is 107 Å². The molecule has 1 heterocycles. The molecule has 0 amide bonds. The van der Waals surface area contributed by atoms with E-state index < -0.39 is 0 Å². The van der Waals surface area contributed by atoms with Crippen molar-refractivity contribution in [3.63, 3.8) is 0 Å². The third kappa shape index (κ3) is 3.05. The molecule has 0 saturated carbocycles. The third-order valence-electron chi connectivity index (χ3n) is 3.59. The highest BCUT2D eigenvalue weighted by Gasteiger charge is 2.31. The Morgan fingerprint density at radius 1 is 1.53 bits per heavy atom. The number of esters is 1. The highest BCUT2D eigenvalue weighted by molar-refractivity contribution is 8.03. The molecule has 0 aromatic carbocycles. The van der Waals surface area contributed by atoms with E-state index in [-0.39, 0.29) is 12.0 Å². The van der Waals surface area contributed by atoms with E-state index in [9.17, 15) is 4.79 Å². The van der Waals surface area contributed by atoms with Gasteiger partial charge in [0.25, 0.3) is 0 Å². The van der Waals surface area contributed by atoms with Gasteiger partial charge in [-0.2, -0.15) is 0 Å². The normalized spacial score (nSPS) is 28.3. The zero-order valence-corrected chi connectivity index (χ0v) is 11.7. The van der Waals surface area contributed by atoms with Gasteiger partial charge in [0.15, 0.2) is 0 Å². The van der Waals surface area contributed by atoms with Crippen molar-refractivity contribution in [3.05, 3.63) is 10.5 Å². The van der Waals surface area contributed by atoms with Gasteiger partial charge in [-0.05, 0) is 35.2 Å². The van der Waals surface area contributed by atoms with Crippen LogP contribution in [0.1, 0.15) is 33.1 Å². The maximum Gasteiger partial charge on any atom is 0.323 e. The van der Waals surface area contributed by atoms with E-state index in [1.165, 1.54) is 30.4 Å². The maximum atomic E-state index is 11.5. The Hall–Kier alpha value is -0.480. The summed E-state index contributed by atoms with van der Waals surface area (Å²) < 4.78 is 4.81. The first-order valence-corrected chi connectivity index (χ1v) is 7.15. The van der Waals surface area contributed by atoms with Gasteiger partial charge in [0.1, 0.15) is 6.04 Å². The average Bonchev–Trinajstić information content (AvgIpc) is 2.49. The standard InChI is InChI=1S/C13H21NO2S/c1-13(2)5-4-11-9(6-13)7-14-10(8-17-11)12(15)16-3/h10,14H,4-8H2,1-3H3. The fourth-order valence-electron chi connectivity index (χ4n) is 2.51. The minimum absolute atomic E-state index is 0.142. The molecule has 0 aromatic heterocycles. The molecule has 1 N–H and O–H groups in total. The van der Waals surface area contributed by atoms with Crippen molar-refractivity contribution in [1.82, 2.24) is 5.32 Å². The lowest BCUT2D eigenvalue weighted by Crippen LogP contribution is -2.39. The van der Waals surface area contributed by atoms with Crippen LogP contribution in [0.3, 0.4) is 0 Å². The van der Waals surface area contributed by atoms with E-state index in [2.05, 4.69) is 19.2 Å². The molecule has 4 heteroatoms. The third-order valence-corrected chi connectivity index (χ3v) is 4.93. The summed E-state index contributed by atoms with van der Waals surface area (Å²) in [6.07, 6.45) is 3.57. The van der Waals surface area contributed by atoms with Crippen molar-refractivity contribution < 1.29 is 9.53 Å². The SMILES string of the molecule is COC(=O)C1CSC2=C(CN1)CC(C)(C)CC2. The molecule has 1 aliphatic heterocycles. The zero-order chi connectivity index (χ0) is 12.5. The summed E-state index contributed by atoms with van der Waals surface area (Å²) in [6, 6.07) is -0.154. The van der Waals surface area contributed by atoms with Crippen LogP contribution in [0.25, 0.3) is 0 Å². The number of hydrogen-bond donors (Lipinski definition) is 1. The van der Waals surface area contributed by atoms with E-state index >= 15 is 0 Å². The molecule has 3 nitrogen and oxygen atoms in total. The summed E-state index contributed by atoms with van der Waals surface area (Å²) >= 11 is 1.84. The number of thioether (sulfide) groups is 1. The second kappa shape index (κ2) is 5.02. The summed E-state index contributed by atoms with van der Waals surface area (Å²) in [5, 5.41) is 3.32. The number of ether oxygens (including phenoxy) is 1. The van der Waals surface area contributed by atoms with Gasteiger partial charge < -0.3 is 4.74 Å². The van der Waals surface area contributed by atoms with Crippen LogP contribution in [0.5, 0.6) is 0 Å². The Morgan fingerprint density at radius 3 is 3.00 bits per heavy atom. The van der Waals surface area contributed by atoms with Crippen molar-refractivity contribution in [2.75, 3.05) is 19.4 Å². The quantitative estimate of drug-likeness (QED) is 0.730. The predicted molar refractivity (Wildman–Crippen MR) is 70.9 cm³/mol. The first kappa shape index (κ1) is 13.0. The van der Waals surface area contributed by atoms with Crippen LogP contribution in [0.2, 0.25) is 0 Å². The van der Waals surface area contributed by atoms with Gasteiger partial charge in [-0.3, -0.25) is 10.1 Å². The van der Waals surface area contributed by atoms with Gasteiger partial charge in [0.05, 0.1) is 7.11 Å². The van der Waals surface area contributed by atoms with E-state index in [0.29, 0.717) is 5.41 Å². The fourth-order valence-corrected chi connectivity index (χ4v) is 3.73. The lowest BCUT2D eigenvalue weighted by Gasteiger charge is -2.32. The summed E-state index contributed by atoms with van der Waals surface area (Å²) in [6.45, 7) is 5.49. The van der Waals surface area contributed by atoms with E-state index in [0.717, 1.165) is 18.7 Å². The summed E-state index contributed by atoms with van der Waals surface area (Å²) in [5.41, 5.74) is 1.91. The van der Waals surface area contributed by atoms with Crippen molar-refractivity contribution in [3.8, 4) is 0 Å². The number of allylic oxidation sites excluding steroid dienone is 1. The van der Waals surface area contributed by atoms with Crippen molar-refractivity contribution in [2.24, 2.45) is 5.41 Å². The van der Waals surface area contributed by atoms with Crippen LogP contribution in [-0.2, 0) is 9.53 Å². The first-order valence-electron chi connectivity index (χ1n) is 6.17. The second-order valence-corrected chi connectivity index (χ2v) is 6.75. The van der Waals surface area contributed by atoms with E-state index in [1.54, 1.807) is 0 Å². The molecule has 2 rings (SSSR count). The molecule has 2 aliphatic rings. The largest absolute Gasteiger partial charge is 0.468 e. The van der Waals surface area contributed by atoms with Gasteiger partial charge >= 0.3 is 5.97 Å². The summed E-state index contributed by atoms with van der Waals surface area (Å²) in [7, 11) is 1.45. The van der Waals surface area contributed by atoms with Crippen molar-refractivity contribution in [1.29, 1.82) is 0 Å².